The number of hydrogen-bond donors (Lipinski definition) is 1. The van der Waals surface area contributed by atoms with Crippen LogP contribution in [0.2, 0.25) is 0 Å². The zero-order valence-electron chi connectivity index (χ0n) is 10.6. The molecular weight excluding hydrogens is 260 g/mol. The summed E-state index contributed by atoms with van der Waals surface area (Å²) in [6, 6.07) is 1.88. The van der Waals surface area contributed by atoms with E-state index in [4.69, 9.17) is 0 Å². The van der Waals surface area contributed by atoms with Gasteiger partial charge in [-0.2, -0.15) is 11.3 Å². The lowest BCUT2D eigenvalue weighted by molar-refractivity contribution is 0.0790. The largest absolute Gasteiger partial charge is 0.286 e. The Kier molecular flexibility index (Phi) is 3.70. The Morgan fingerprint density at radius 3 is 2.79 bits per heavy atom. The minimum absolute atomic E-state index is 0.150. The van der Waals surface area contributed by atoms with Crippen LogP contribution in [0.5, 0.6) is 0 Å². The summed E-state index contributed by atoms with van der Waals surface area (Å²) in [4.78, 5) is 12.2. The lowest BCUT2D eigenvalue weighted by Crippen LogP contribution is -2.42. The number of carbonyl (C=O) groups excluding carboxylic acids is 1. The van der Waals surface area contributed by atoms with E-state index in [1.165, 1.54) is 12.8 Å². The molecule has 0 bridgehead atoms. The number of nitrogens with one attached hydrogen (secondary N) is 1. The minimum atomic E-state index is -0.150. The summed E-state index contributed by atoms with van der Waals surface area (Å²) in [7, 11) is 0. The molecule has 0 aromatic heterocycles. The van der Waals surface area contributed by atoms with Gasteiger partial charge in [-0.3, -0.25) is 10.2 Å². The highest BCUT2D eigenvalue weighted by molar-refractivity contribution is 7.07. The average Bonchev–Trinajstić information content (AvgIpc) is 2.70. The SMILES string of the molecule is O=C(NN1CCCCCC1)c1nnc2ccscc1-2. The van der Waals surface area contributed by atoms with Crippen molar-refractivity contribution in [3.05, 3.63) is 22.5 Å². The third-order valence-corrected chi connectivity index (χ3v) is 4.02. The molecule has 0 aromatic carbocycles. The van der Waals surface area contributed by atoms with Gasteiger partial charge in [0, 0.05) is 24.0 Å². The maximum Gasteiger partial charge on any atom is 0.286 e. The first-order valence-electron chi connectivity index (χ1n) is 6.59. The van der Waals surface area contributed by atoms with Crippen LogP contribution in [0.15, 0.2) is 16.8 Å². The summed E-state index contributed by atoms with van der Waals surface area (Å²) >= 11 is 1.54. The van der Waals surface area contributed by atoms with Gasteiger partial charge in [0.2, 0.25) is 0 Å². The number of carbonyl (C=O) groups is 1. The van der Waals surface area contributed by atoms with E-state index < -0.39 is 0 Å². The van der Waals surface area contributed by atoms with Gasteiger partial charge in [-0.05, 0) is 24.3 Å². The van der Waals surface area contributed by atoms with Gasteiger partial charge in [-0.15, -0.1) is 10.2 Å². The van der Waals surface area contributed by atoms with E-state index in [0.29, 0.717) is 5.69 Å². The highest BCUT2D eigenvalue weighted by Gasteiger charge is 2.21. The Hall–Kier alpha value is -1.53. The molecule has 1 amide bonds. The van der Waals surface area contributed by atoms with E-state index in [1.807, 2.05) is 21.8 Å². The molecule has 0 radical (unpaired) electrons. The molecule has 1 saturated heterocycles. The van der Waals surface area contributed by atoms with Crippen LogP contribution < -0.4 is 5.43 Å². The van der Waals surface area contributed by atoms with E-state index in [0.717, 1.165) is 37.2 Å². The minimum Gasteiger partial charge on any atom is -0.283 e. The lowest BCUT2D eigenvalue weighted by Gasteiger charge is -2.20. The molecular formula is C13H16N4OS. The molecule has 0 aromatic rings. The van der Waals surface area contributed by atoms with Crippen LogP contribution in [0.1, 0.15) is 36.2 Å². The number of fused-ring (bicyclic) bond motifs is 1. The van der Waals surface area contributed by atoms with Gasteiger partial charge >= 0.3 is 0 Å². The van der Waals surface area contributed by atoms with Crippen molar-refractivity contribution >= 4 is 17.2 Å². The monoisotopic (exact) mass is 276 g/mol. The summed E-state index contributed by atoms with van der Waals surface area (Å²) in [6.45, 7) is 1.83. The number of rotatable bonds is 2. The highest BCUT2D eigenvalue weighted by Crippen LogP contribution is 2.24. The molecule has 0 spiro atoms. The number of hydrazine groups is 1. The number of aromatic nitrogens is 2. The first-order chi connectivity index (χ1) is 9.34. The van der Waals surface area contributed by atoms with Gasteiger partial charge in [0.05, 0.1) is 5.69 Å². The zero-order chi connectivity index (χ0) is 13.1. The zero-order valence-corrected chi connectivity index (χ0v) is 11.4. The van der Waals surface area contributed by atoms with Crippen molar-refractivity contribution in [3.8, 4) is 11.3 Å². The van der Waals surface area contributed by atoms with Crippen LogP contribution in [0.3, 0.4) is 0 Å². The van der Waals surface area contributed by atoms with Gasteiger partial charge in [0.25, 0.3) is 5.91 Å². The fourth-order valence-electron chi connectivity index (χ4n) is 2.33. The molecule has 3 aliphatic rings. The van der Waals surface area contributed by atoms with E-state index in [1.54, 1.807) is 11.3 Å². The quantitative estimate of drug-likeness (QED) is 0.913. The Bertz CT molecular complexity index is 533. The van der Waals surface area contributed by atoms with Crippen molar-refractivity contribution < 1.29 is 4.79 Å². The van der Waals surface area contributed by atoms with Crippen molar-refractivity contribution in [2.75, 3.05) is 13.1 Å². The van der Waals surface area contributed by atoms with Crippen molar-refractivity contribution in [1.82, 2.24) is 20.6 Å². The molecule has 3 heterocycles. The molecule has 6 heteroatoms. The lowest BCUT2D eigenvalue weighted by atomic mass is 10.2. The summed E-state index contributed by atoms with van der Waals surface area (Å²) < 4.78 is 0. The molecule has 0 saturated carbocycles. The van der Waals surface area contributed by atoms with Crippen LogP contribution in [0.4, 0.5) is 0 Å². The average molecular weight is 276 g/mol. The Labute approximate surface area is 116 Å². The maximum atomic E-state index is 12.2. The van der Waals surface area contributed by atoms with E-state index in [-0.39, 0.29) is 5.91 Å². The second kappa shape index (κ2) is 5.63. The van der Waals surface area contributed by atoms with Crippen LogP contribution in [0, 0.1) is 0 Å². The summed E-state index contributed by atoms with van der Waals surface area (Å²) in [5.41, 5.74) is 4.99. The molecule has 0 atom stereocenters. The third kappa shape index (κ3) is 2.74. The van der Waals surface area contributed by atoms with Crippen molar-refractivity contribution in [2.24, 2.45) is 0 Å². The second-order valence-electron chi connectivity index (χ2n) is 4.75. The first-order valence-corrected chi connectivity index (χ1v) is 7.53. The Balaban J connectivity index is 1.73. The maximum absolute atomic E-state index is 12.2. The van der Waals surface area contributed by atoms with Crippen molar-refractivity contribution in [1.29, 1.82) is 0 Å². The standard InChI is InChI=1S/C13H16N4OS/c18-13(16-17-6-3-1-2-4-7-17)12-10-9-19-8-5-11(10)14-15-12/h5,8-9H,1-4,6-7H2,(H,16,18). The van der Waals surface area contributed by atoms with Gasteiger partial charge in [-0.1, -0.05) is 12.8 Å². The predicted octanol–water partition coefficient (Wildman–Crippen LogP) is 2.16. The van der Waals surface area contributed by atoms with Crippen LogP contribution in [0.25, 0.3) is 11.3 Å². The molecule has 1 fully saturated rings. The molecule has 5 nitrogen and oxygen atoms in total. The number of amides is 1. The van der Waals surface area contributed by atoms with Crippen LogP contribution in [-0.4, -0.2) is 34.2 Å². The van der Waals surface area contributed by atoms with Gasteiger partial charge in [-0.25, -0.2) is 5.01 Å². The van der Waals surface area contributed by atoms with E-state index >= 15 is 0 Å². The molecule has 1 N–H and O–H groups in total. The Morgan fingerprint density at radius 2 is 2.00 bits per heavy atom. The number of hydrogen-bond acceptors (Lipinski definition) is 5. The van der Waals surface area contributed by atoms with Crippen LogP contribution >= 0.6 is 11.3 Å². The molecule has 100 valence electrons. The molecule has 3 rings (SSSR count). The first kappa shape index (κ1) is 12.5. The van der Waals surface area contributed by atoms with E-state index in [9.17, 15) is 4.79 Å². The molecule has 3 aliphatic heterocycles. The van der Waals surface area contributed by atoms with Crippen molar-refractivity contribution in [2.45, 2.75) is 25.7 Å². The van der Waals surface area contributed by atoms with Crippen LogP contribution in [-0.2, 0) is 0 Å². The number of nitrogens with zero attached hydrogens (tertiary/aromatic N) is 3. The second-order valence-corrected chi connectivity index (χ2v) is 5.53. The molecule has 0 unspecified atom stereocenters. The van der Waals surface area contributed by atoms with Gasteiger partial charge in [0.15, 0.2) is 5.69 Å². The fraction of sp³-hybridized carbons (Fsp3) is 0.462. The summed E-state index contributed by atoms with van der Waals surface area (Å²) in [5.74, 6) is -0.150. The van der Waals surface area contributed by atoms with Gasteiger partial charge in [0.1, 0.15) is 0 Å². The molecule has 0 aliphatic carbocycles. The highest BCUT2D eigenvalue weighted by atomic mass is 32.1. The van der Waals surface area contributed by atoms with Gasteiger partial charge < -0.3 is 0 Å². The normalized spacial score (nSPS) is 17.3. The van der Waals surface area contributed by atoms with Crippen molar-refractivity contribution in [3.63, 3.8) is 0 Å². The Morgan fingerprint density at radius 1 is 1.21 bits per heavy atom. The van der Waals surface area contributed by atoms with E-state index in [2.05, 4.69) is 15.6 Å². The molecule has 19 heavy (non-hydrogen) atoms. The predicted molar refractivity (Wildman–Crippen MR) is 74.0 cm³/mol. The fourth-order valence-corrected chi connectivity index (χ4v) is 2.98. The summed E-state index contributed by atoms with van der Waals surface area (Å²) in [6.07, 6.45) is 4.76. The third-order valence-electron chi connectivity index (χ3n) is 3.36. The topological polar surface area (TPSA) is 58.1 Å². The smallest absolute Gasteiger partial charge is 0.283 e. The summed E-state index contributed by atoms with van der Waals surface area (Å²) in [5, 5.41) is 13.9.